The third kappa shape index (κ3) is 2.36. The monoisotopic (exact) mass is 285 g/mol. The third-order valence-electron chi connectivity index (χ3n) is 3.74. The van der Waals surface area contributed by atoms with E-state index < -0.39 is 0 Å². The second kappa shape index (κ2) is 5.37. The van der Waals surface area contributed by atoms with E-state index in [0.717, 1.165) is 29.1 Å². The Morgan fingerprint density at radius 2 is 1.85 bits per heavy atom. The molecule has 1 aromatic carbocycles. The number of fused-ring (bicyclic) bond motifs is 1. The molecule has 2 heterocycles. The Bertz CT molecular complexity index is 673. The summed E-state index contributed by atoms with van der Waals surface area (Å²) in [6, 6.07) is 8.46. The summed E-state index contributed by atoms with van der Waals surface area (Å²) < 4.78 is 1.92. The first-order valence-electron chi connectivity index (χ1n) is 7.14. The molecule has 0 radical (unpaired) electrons. The Labute approximate surface area is 123 Å². The zero-order valence-electron chi connectivity index (χ0n) is 12.1. The fraction of sp³-hybridized carbons (Fsp3) is 0.375. The van der Waals surface area contributed by atoms with Crippen LogP contribution in [0.3, 0.4) is 0 Å². The summed E-state index contributed by atoms with van der Waals surface area (Å²) in [5.74, 6) is 0.560. The summed E-state index contributed by atoms with van der Waals surface area (Å²) in [7, 11) is 0. The van der Waals surface area contributed by atoms with Crippen molar-refractivity contribution in [3.63, 3.8) is 0 Å². The lowest BCUT2D eigenvalue weighted by Crippen LogP contribution is -1.95. The van der Waals surface area contributed by atoms with Crippen LogP contribution in [-0.2, 0) is 0 Å². The molecule has 0 unspecified atom stereocenters. The summed E-state index contributed by atoms with van der Waals surface area (Å²) in [4.78, 5) is 5.69. The molecule has 0 saturated carbocycles. The van der Waals surface area contributed by atoms with Crippen molar-refractivity contribution in [2.75, 3.05) is 0 Å². The maximum Gasteiger partial charge on any atom is 0.212 e. The van der Waals surface area contributed by atoms with Gasteiger partial charge in [-0.15, -0.1) is 0 Å². The minimum atomic E-state index is 0.560. The van der Waals surface area contributed by atoms with Gasteiger partial charge >= 0.3 is 0 Å². The Hall–Kier alpha value is -1.68. The van der Waals surface area contributed by atoms with E-state index in [9.17, 15) is 0 Å². The number of aryl methyl sites for hydroxylation is 1. The highest BCUT2D eigenvalue weighted by Crippen LogP contribution is 2.29. The molecule has 2 aromatic heterocycles. The largest absolute Gasteiger partial charge is 0.217 e. The smallest absolute Gasteiger partial charge is 0.212 e. The summed E-state index contributed by atoms with van der Waals surface area (Å²) in [5.41, 5.74) is 3.42. The Morgan fingerprint density at radius 3 is 2.45 bits per heavy atom. The molecule has 0 fully saturated rings. The molecule has 0 aliphatic carbocycles. The molecule has 0 saturated heterocycles. The van der Waals surface area contributed by atoms with Gasteiger partial charge in [0.15, 0.2) is 0 Å². The van der Waals surface area contributed by atoms with Gasteiger partial charge in [0, 0.05) is 11.5 Å². The van der Waals surface area contributed by atoms with E-state index in [2.05, 4.69) is 45.0 Å². The highest BCUT2D eigenvalue weighted by molar-refractivity contribution is 7.16. The van der Waals surface area contributed by atoms with Gasteiger partial charge < -0.3 is 0 Å². The number of hydrogen-bond donors (Lipinski definition) is 0. The van der Waals surface area contributed by atoms with Crippen molar-refractivity contribution >= 4 is 16.3 Å². The van der Waals surface area contributed by atoms with Crippen LogP contribution < -0.4 is 0 Å². The van der Waals surface area contributed by atoms with Gasteiger partial charge in [-0.2, -0.15) is 5.10 Å². The summed E-state index contributed by atoms with van der Waals surface area (Å²) in [6.07, 6.45) is 4.30. The minimum Gasteiger partial charge on any atom is -0.217 e. The predicted molar refractivity (Wildman–Crippen MR) is 84.4 cm³/mol. The van der Waals surface area contributed by atoms with Crippen LogP contribution in [-0.4, -0.2) is 14.6 Å². The fourth-order valence-corrected chi connectivity index (χ4v) is 3.53. The first-order chi connectivity index (χ1) is 9.71. The van der Waals surface area contributed by atoms with Crippen molar-refractivity contribution in [3.05, 3.63) is 41.0 Å². The topological polar surface area (TPSA) is 30.2 Å². The lowest BCUT2D eigenvalue weighted by atomic mass is 10.1. The van der Waals surface area contributed by atoms with Crippen molar-refractivity contribution in [1.29, 1.82) is 0 Å². The van der Waals surface area contributed by atoms with Crippen molar-refractivity contribution < 1.29 is 0 Å². The summed E-state index contributed by atoms with van der Waals surface area (Å²) >= 11 is 1.71. The van der Waals surface area contributed by atoms with Gasteiger partial charge in [0.2, 0.25) is 4.96 Å². The SMILES string of the molecule is CCC(CC)c1nn2cc(-c3ccc(C)cc3)nc2s1. The quantitative estimate of drug-likeness (QED) is 0.697. The molecule has 0 atom stereocenters. The van der Waals surface area contributed by atoms with Crippen LogP contribution in [0.2, 0.25) is 0 Å². The molecular weight excluding hydrogens is 266 g/mol. The van der Waals surface area contributed by atoms with Crippen LogP contribution in [0.1, 0.15) is 43.2 Å². The average Bonchev–Trinajstić information content (AvgIpc) is 2.99. The van der Waals surface area contributed by atoms with Gasteiger partial charge in [-0.1, -0.05) is 55.0 Å². The van der Waals surface area contributed by atoms with Crippen LogP contribution in [0.4, 0.5) is 0 Å². The number of hydrogen-bond acceptors (Lipinski definition) is 3. The standard InChI is InChI=1S/C16H19N3S/c1-4-12(5-2)15-18-19-10-14(17-16(19)20-15)13-8-6-11(3)7-9-13/h6-10,12H,4-5H2,1-3H3. The molecule has 0 aliphatic rings. The van der Waals surface area contributed by atoms with Gasteiger partial charge in [-0.25, -0.2) is 9.50 Å². The van der Waals surface area contributed by atoms with Gasteiger partial charge in [0.1, 0.15) is 5.01 Å². The van der Waals surface area contributed by atoms with E-state index in [-0.39, 0.29) is 0 Å². The molecule has 0 bridgehead atoms. The van der Waals surface area contributed by atoms with Crippen molar-refractivity contribution in [3.8, 4) is 11.3 Å². The third-order valence-corrected chi connectivity index (χ3v) is 4.83. The second-order valence-corrected chi connectivity index (χ2v) is 6.16. The van der Waals surface area contributed by atoms with E-state index in [1.807, 2.05) is 10.7 Å². The molecule has 3 rings (SSSR count). The maximum absolute atomic E-state index is 4.70. The molecule has 0 N–H and O–H groups in total. The molecule has 4 heteroatoms. The van der Waals surface area contributed by atoms with Crippen molar-refractivity contribution in [2.45, 2.75) is 39.5 Å². The number of rotatable bonds is 4. The fourth-order valence-electron chi connectivity index (χ4n) is 2.38. The van der Waals surface area contributed by atoms with E-state index in [0.29, 0.717) is 5.92 Å². The van der Waals surface area contributed by atoms with Gasteiger partial charge in [0.05, 0.1) is 11.9 Å². The van der Waals surface area contributed by atoms with E-state index in [1.54, 1.807) is 11.3 Å². The van der Waals surface area contributed by atoms with Crippen LogP contribution in [0.25, 0.3) is 16.2 Å². The zero-order valence-corrected chi connectivity index (χ0v) is 12.9. The summed E-state index contributed by atoms with van der Waals surface area (Å²) in [5, 5.41) is 5.89. The predicted octanol–water partition coefficient (Wildman–Crippen LogP) is 4.67. The maximum atomic E-state index is 4.70. The van der Waals surface area contributed by atoms with Gasteiger partial charge in [-0.3, -0.25) is 0 Å². The molecule has 3 nitrogen and oxygen atoms in total. The van der Waals surface area contributed by atoms with Crippen LogP contribution in [0.5, 0.6) is 0 Å². The number of benzene rings is 1. The first-order valence-corrected chi connectivity index (χ1v) is 7.96. The van der Waals surface area contributed by atoms with Gasteiger partial charge in [0.25, 0.3) is 0 Å². The molecule has 3 aromatic rings. The Morgan fingerprint density at radius 1 is 1.15 bits per heavy atom. The molecule has 20 heavy (non-hydrogen) atoms. The second-order valence-electron chi connectivity index (χ2n) is 5.17. The molecule has 104 valence electrons. The van der Waals surface area contributed by atoms with Crippen molar-refractivity contribution in [2.24, 2.45) is 0 Å². The van der Waals surface area contributed by atoms with Crippen LogP contribution in [0.15, 0.2) is 30.5 Å². The molecule has 0 spiro atoms. The van der Waals surface area contributed by atoms with E-state index >= 15 is 0 Å². The van der Waals surface area contributed by atoms with Crippen LogP contribution >= 0.6 is 11.3 Å². The van der Waals surface area contributed by atoms with E-state index in [1.165, 1.54) is 10.6 Å². The number of nitrogens with zero attached hydrogens (tertiary/aromatic N) is 3. The Balaban J connectivity index is 1.96. The lowest BCUT2D eigenvalue weighted by Gasteiger charge is -2.05. The van der Waals surface area contributed by atoms with E-state index in [4.69, 9.17) is 10.1 Å². The number of imidazole rings is 1. The number of aromatic nitrogens is 3. The average molecular weight is 285 g/mol. The molecule has 0 amide bonds. The highest BCUT2D eigenvalue weighted by atomic mass is 32.1. The zero-order chi connectivity index (χ0) is 14.1. The van der Waals surface area contributed by atoms with Gasteiger partial charge in [-0.05, 0) is 19.8 Å². The van der Waals surface area contributed by atoms with Crippen LogP contribution in [0, 0.1) is 6.92 Å². The highest BCUT2D eigenvalue weighted by Gasteiger charge is 2.15. The first kappa shape index (κ1) is 13.3. The molecular formula is C16H19N3S. The lowest BCUT2D eigenvalue weighted by molar-refractivity contribution is 0.626. The Kier molecular flexibility index (Phi) is 3.57. The summed E-state index contributed by atoms with van der Waals surface area (Å²) in [6.45, 7) is 6.53. The molecule has 0 aliphatic heterocycles. The normalized spacial score (nSPS) is 11.6. The van der Waals surface area contributed by atoms with Crippen molar-refractivity contribution in [1.82, 2.24) is 14.6 Å². The minimum absolute atomic E-state index is 0.560.